The lowest BCUT2D eigenvalue weighted by atomic mass is 10.1. The second kappa shape index (κ2) is 10.4. The number of carbonyl (C=O) groups is 2. The minimum atomic E-state index is -0.979. The molecule has 8 nitrogen and oxygen atoms in total. The molecule has 0 spiro atoms. The Kier molecular flexibility index (Phi) is 7.33. The van der Waals surface area contributed by atoms with E-state index in [1.54, 1.807) is 24.3 Å². The van der Waals surface area contributed by atoms with E-state index < -0.39 is 12.2 Å². The van der Waals surface area contributed by atoms with E-state index in [4.69, 9.17) is 21.1 Å². The van der Waals surface area contributed by atoms with Gasteiger partial charge in [-0.2, -0.15) is 4.98 Å². The van der Waals surface area contributed by atoms with Crippen molar-refractivity contribution < 1.29 is 19.1 Å². The van der Waals surface area contributed by atoms with Crippen molar-refractivity contribution in [3.8, 4) is 22.9 Å². The molecule has 2 aromatic carbocycles. The van der Waals surface area contributed by atoms with Gasteiger partial charge in [-0.05, 0) is 18.6 Å². The molecule has 1 aliphatic heterocycles. The van der Waals surface area contributed by atoms with Crippen LogP contribution in [0.2, 0.25) is 5.02 Å². The maximum Gasteiger partial charge on any atom is 0.308 e. The van der Waals surface area contributed by atoms with Gasteiger partial charge < -0.3 is 9.47 Å². The summed E-state index contributed by atoms with van der Waals surface area (Å²) < 4.78 is 11.6. The summed E-state index contributed by atoms with van der Waals surface area (Å²) in [4.78, 5) is 30.6. The number of ether oxygens (including phenoxy) is 2. The highest BCUT2D eigenvalue weighted by molar-refractivity contribution is 7.99. The number of unbranched alkanes of at least 4 members (excludes halogenated alkanes) is 1. The van der Waals surface area contributed by atoms with E-state index in [9.17, 15) is 9.59 Å². The van der Waals surface area contributed by atoms with Gasteiger partial charge in [-0.25, -0.2) is 0 Å². The molecular weight excluding hydrogens is 476 g/mol. The molecule has 1 aliphatic rings. The topological polar surface area (TPSA) is 94.5 Å². The molecule has 1 amide bonds. The molecule has 4 rings (SSSR count). The molecule has 0 fully saturated rings. The van der Waals surface area contributed by atoms with Crippen LogP contribution >= 0.6 is 23.4 Å². The number of carbonyl (C=O) groups excluding carboxylic acids is 2. The minimum absolute atomic E-state index is 0.162. The molecule has 0 unspecified atom stereocenters. The van der Waals surface area contributed by atoms with Gasteiger partial charge in [-0.15, -0.1) is 10.2 Å². The van der Waals surface area contributed by atoms with Crippen molar-refractivity contribution in [2.75, 3.05) is 10.7 Å². The van der Waals surface area contributed by atoms with E-state index in [1.165, 1.54) is 30.5 Å². The third-order valence-corrected chi connectivity index (χ3v) is 6.42. The van der Waals surface area contributed by atoms with Crippen molar-refractivity contribution >= 4 is 40.9 Å². The fraction of sp³-hybridized carbons (Fsp3) is 0.292. The van der Waals surface area contributed by atoms with Gasteiger partial charge in [0, 0.05) is 30.7 Å². The molecule has 10 heteroatoms. The molecule has 0 N–H and O–H groups in total. The summed E-state index contributed by atoms with van der Waals surface area (Å²) in [5, 5.41) is 9.32. The monoisotopic (exact) mass is 498 g/mol. The van der Waals surface area contributed by atoms with Gasteiger partial charge in [-0.1, -0.05) is 67.0 Å². The third kappa shape index (κ3) is 4.85. The molecule has 0 aliphatic carbocycles. The van der Waals surface area contributed by atoms with E-state index in [2.05, 4.69) is 22.1 Å². The number of thioether (sulfide) groups is 1. The van der Waals surface area contributed by atoms with Crippen LogP contribution in [0.3, 0.4) is 0 Å². The first-order chi connectivity index (χ1) is 16.4. The Morgan fingerprint density at radius 2 is 1.94 bits per heavy atom. The van der Waals surface area contributed by atoms with Gasteiger partial charge >= 0.3 is 5.97 Å². The lowest BCUT2D eigenvalue weighted by molar-refractivity contribution is -0.131. The highest BCUT2D eigenvalue weighted by Crippen LogP contribution is 2.45. The smallest absolute Gasteiger partial charge is 0.308 e. The average Bonchev–Trinajstić information content (AvgIpc) is 2.94. The third-order valence-electron chi connectivity index (χ3n) is 5.09. The van der Waals surface area contributed by atoms with Crippen LogP contribution in [0.25, 0.3) is 11.3 Å². The second-order valence-electron chi connectivity index (χ2n) is 7.58. The molecular formula is C24H23ClN4O4S. The molecule has 3 aromatic rings. The van der Waals surface area contributed by atoms with Crippen molar-refractivity contribution in [3.63, 3.8) is 0 Å². The number of hydrogen-bond donors (Lipinski definition) is 0. The van der Waals surface area contributed by atoms with E-state index in [0.717, 1.165) is 18.6 Å². The van der Waals surface area contributed by atoms with Crippen molar-refractivity contribution in [3.05, 3.63) is 53.1 Å². The number of amides is 1. The summed E-state index contributed by atoms with van der Waals surface area (Å²) in [5.41, 5.74) is 2.11. The summed E-state index contributed by atoms with van der Waals surface area (Å²) in [6, 6.07) is 12.3. The summed E-state index contributed by atoms with van der Waals surface area (Å²) >= 11 is 8.13. The first-order valence-corrected chi connectivity index (χ1v) is 12.2. The minimum Gasteiger partial charge on any atom is -0.447 e. The van der Waals surface area contributed by atoms with Gasteiger partial charge in [0.25, 0.3) is 0 Å². The van der Waals surface area contributed by atoms with Crippen LogP contribution in [-0.2, 0) is 9.59 Å². The van der Waals surface area contributed by atoms with Crippen molar-refractivity contribution in [1.29, 1.82) is 0 Å². The summed E-state index contributed by atoms with van der Waals surface area (Å²) in [7, 11) is 0. The normalized spacial score (nSPS) is 14.5. The van der Waals surface area contributed by atoms with E-state index in [1.807, 2.05) is 18.2 Å². The second-order valence-corrected chi connectivity index (χ2v) is 9.02. The molecule has 1 aromatic heterocycles. The fourth-order valence-corrected chi connectivity index (χ4v) is 4.70. The molecule has 1 atom stereocenters. The first-order valence-electron chi connectivity index (χ1n) is 10.8. The number of esters is 1. The molecule has 0 saturated carbocycles. The number of nitrogens with zero attached hydrogens (tertiary/aromatic N) is 4. The Bertz CT molecular complexity index is 1240. The highest BCUT2D eigenvalue weighted by atomic mass is 35.5. The van der Waals surface area contributed by atoms with Crippen LogP contribution in [-0.4, -0.2) is 32.8 Å². The number of benzene rings is 2. The lowest BCUT2D eigenvalue weighted by Gasteiger charge is -2.30. The number of fused-ring (bicyclic) bond motifs is 3. The van der Waals surface area contributed by atoms with Crippen molar-refractivity contribution in [2.45, 2.75) is 45.0 Å². The van der Waals surface area contributed by atoms with Crippen molar-refractivity contribution in [1.82, 2.24) is 15.2 Å². The predicted octanol–water partition coefficient (Wildman–Crippen LogP) is 5.45. The Hall–Kier alpha value is -3.17. The van der Waals surface area contributed by atoms with Gasteiger partial charge in [0.05, 0.1) is 10.7 Å². The molecule has 0 bridgehead atoms. The quantitative estimate of drug-likeness (QED) is 0.191. The SMILES string of the molecule is CCCCSc1nnc2c(n1)O[C@H](c1cccc(OC(C)=O)c1Cl)N(C(C)=O)c1ccccc1-2. The van der Waals surface area contributed by atoms with Crippen LogP contribution in [0.1, 0.15) is 45.4 Å². The van der Waals surface area contributed by atoms with Gasteiger partial charge in [-0.3, -0.25) is 14.5 Å². The van der Waals surface area contributed by atoms with Gasteiger partial charge in [0.1, 0.15) is 5.75 Å². The van der Waals surface area contributed by atoms with Gasteiger partial charge in [0.2, 0.25) is 23.2 Å². The Morgan fingerprint density at radius 3 is 2.68 bits per heavy atom. The summed E-state index contributed by atoms with van der Waals surface area (Å²) in [5.74, 6) is 0.486. The van der Waals surface area contributed by atoms with Crippen LogP contribution in [0.5, 0.6) is 11.6 Å². The summed E-state index contributed by atoms with van der Waals surface area (Å²) in [6.45, 7) is 4.85. The van der Waals surface area contributed by atoms with Crippen molar-refractivity contribution in [2.24, 2.45) is 0 Å². The zero-order valence-electron chi connectivity index (χ0n) is 18.9. The van der Waals surface area contributed by atoms with E-state index in [-0.39, 0.29) is 22.6 Å². The maximum absolute atomic E-state index is 12.9. The Balaban J connectivity index is 1.88. The molecule has 2 heterocycles. The maximum atomic E-state index is 12.9. The summed E-state index contributed by atoms with van der Waals surface area (Å²) in [6.07, 6.45) is 1.10. The van der Waals surface area contributed by atoms with Gasteiger partial charge in [0.15, 0.2) is 5.69 Å². The number of para-hydroxylation sites is 1. The standard InChI is InChI=1S/C24H23ClN4O4S/c1-4-5-13-34-24-26-22-21(27-28-24)16-9-6-7-11-18(16)29(14(2)30)23(33-22)17-10-8-12-19(20(17)25)32-15(3)31/h6-12,23H,4-5,13H2,1-3H3/t23-/m1/s1. The zero-order chi connectivity index (χ0) is 24.2. The molecule has 0 saturated heterocycles. The molecule has 176 valence electrons. The largest absolute Gasteiger partial charge is 0.447 e. The fourth-order valence-electron chi connectivity index (χ4n) is 3.58. The predicted molar refractivity (Wildman–Crippen MR) is 130 cm³/mol. The van der Waals surface area contributed by atoms with Crippen LogP contribution in [0.4, 0.5) is 5.69 Å². The number of halogens is 1. The Labute approximate surface area is 206 Å². The Morgan fingerprint density at radius 1 is 1.15 bits per heavy atom. The lowest BCUT2D eigenvalue weighted by Crippen LogP contribution is -2.36. The zero-order valence-corrected chi connectivity index (χ0v) is 20.5. The highest BCUT2D eigenvalue weighted by Gasteiger charge is 2.36. The van der Waals surface area contributed by atoms with Crippen LogP contribution in [0, 0.1) is 0 Å². The van der Waals surface area contributed by atoms with E-state index >= 15 is 0 Å². The number of hydrogen-bond acceptors (Lipinski definition) is 8. The first kappa shape index (κ1) is 24.0. The number of anilines is 1. The number of rotatable bonds is 6. The van der Waals surface area contributed by atoms with E-state index in [0.29, 0.717) is 27.7 Å². The molecule has 0 radical (unpaired) electrons. The molecule has 34 heavy (non-hydrogen) atoms. The average molecular weight is 499 g/mol. The number of aromatic nitrogens is 3. The van der Waals surface area contributed by atoms with Crippen LogP contribution in [0.15, 0.2) is 47.6 Å². The van der Waals surface area contributed by atoms with Crippen LogP contribution < -0.4 is 14.4 Å².